The smallest absolute Gasteiger partial charge is 0.264 e. The lowest BCUT2D eigenvalue weighted by molar-refractivity contribution is -0.131. The molecule has 1 aliphatic heterocycles. The van der Waals surface area contributed by atoms with E-state index in [2.05, 4.69) is 15.6 Å². The van der Waals surface area contributed by atoms with Gasteiger partial charge in [-0.15, -0.1) is 0 Å². The van der Waals surface area contributed by atoms with Crippen LogP contribution in [0.3, 0.4) is 0 Å². The molecule has 7 heteroatoms. The van der Waals surface area contributed by atoms with Crippen LogP contribution in [0.25, 0.3) is 0 Å². The molecule has 126 valence electrons. The van der Waals surface area contributed by atoms with Gasteiger partial charge in [-0.05, 0) is 30.5 Å². The first-order valence-corrected chi connectivity index (χ1v) is 7.85. The Labute approximate surface area is 139 Å². The van der Waals surface area contributed by atoms with Crippen LogP contribution in [0, 0.1) is 5.82 Å². The van der Waals surface area contributed by atoms with Gasteiger partial charge in [-0.25, -0.2) is 4.39 Å². The summed E-state index contributed by atoms with van der Waals surface area (Å²) in [6.45, 7) is 0.540. The van der Waals surface area contributed by atoms with E-state index in [0.29, 0.717) is 13.0 Å². The Morgan fingerprint density at radius 2 is 2.21 bits per heavy atom. The van der Waals surface area contributed by atoms with Crippen LogP contribution < -0.4 is 5.32 Å². The second kappa shape index (κ2) is 7.25. The van der Waals surface area contributed by atoms with Crippen LogP contribution in [0.15, 0.2) is 41.8 Å². The Bertz CT molecular complexity index is 739. The maximum absolute atomic E-state index is 12.8. The van der Waals surface area contributed by atoms with Crippen LogP contribution in [0.5, 0.6) is 0 Å². The molecule has 2 aromatic rings. The highest BCUT2D eigenvalue weighted by atomic mass is 19.1. The van der Waals surface area contributed by atoms with Crippen molar-refractivity contribution >= 4 is 11.6 Å². The van der Waals surface area contributed by atoms with Crippen LogP contribution in [-0.2, 0) is 23.1 Å². The van der Waals surface area contributed by atoms with E-state index in [1.54, 1.807) is 23.0 Å². The molecule has 0 unspecified atom stereocenters. The molecular weight excluding hydrogens is 311 g/mol. The second-order valence-electron chi connectivity index (χ2n) is 5.76. The maximum atomic E-state index is 12.8. The zero-order valence-electron chi connectivity index (χ0n) is 13.4. The van der Waals surface area contributed by atoms with Crippen molar-refractivity contribution in [1.29, 1.82) is 0 Å². The molecule has 1 amide bonds. The van der Waals surface area contributed by atoms with Gasteiger partial charge in [-0.2, -0.15) is 5.10 Å². The molecule has 2 heterocycles. The molecule has 1 aromatic carbocycles. The Balaban J connectivity index is 1.39. The zero-order valence-corrected chi connectivity index (χ0v) is 13.4. The van der Waals surface area contributed by atoms with Crippen molar-refractivity contribution in [3.8, 4) is 0 Å². The number of nitrogens with one attached hydrogen (secondary N) is 1. The number of carbonyl (C=O) groups excluding carboxylic acids is 1. The van der Waals surface area contributed by atoms with Gasteiger partial charge >= 0.3 is 0 Å². The van der Waals surface area contributed by atoms with E-state index in [-0.39, 0.29) is 11.7 Å². The minimum Gasteiger partial charge on any atom is -0.382 e. The van der Waals surface area contributed by atoms with Crippen LogP contribution >= 0.6 is 0 Å². The van der Waals surface area contributed by atoms with E-state index < -0.39 is 6.10 Å². The van der Waals surface area contributed by atoms with Crippen LogP contribution in [-0.4, -0.2) is 34.0 Å². The largest absolute Gasteiger partial charge is 0.382 e. The van der Waals surface area contributed by atoms with Crippen LogP contribution in [0.4, 0.5) is 4.39 Å². The summed E-state index contributed by atoms with van der Waals surface area (Å²) in [6.07, 6.45) is 4.95. The summed E-state index contributed by atoms with van der Waals surface area (Å²) in [7, 11) is 1.82. The van der Waals surface area contributed by atoms with Crippen molar-refractivity contribution in [3.05, 3.63) is 53.6 Å². The fourth-order valence-corrected chi connectivity index (χ4v) is 2.53. The average Bonchev–Trinajstić information content (AvgIpc) is 3.22. The fraction of sp³-hybridized carbons (Fsp3) is 0.353. The minimum absolute atomic E-state index is 0.170. The number of aryl methyl sites for hydroxylation is 2. The summed E-state index contributed by atoms with van der Waals surface area (Å²) >= 11 is 0. The number of amides is 1. The number of carbonyl (C=O) groups is 1. The highest BCUT2D eigenvalue weighted by Gasteiger charge is 2.29. The van der Waals surface area contributed by atoms with Gasteiger partial charge < -0.3 is 10.2 Å². The predicted octanol–water partition coefficient (Wildman–Crippen LogP) is 1.80. The number of benzene rings is 1. The monoisotopic (exact) mass is 330 g/mol. The lowest BCUT2D eigenvalue weighted by Crippen LogP contribution is -2.35. The lowest BCUT2D eigenvalue weighted by atomic mass is 10.1. The van der Waals surface area contributed by atoms with E-state index in [9.17, 15) is 9.18 Å². The highest BCUT2D eigenvalue weighted by molar-refractivity contribution is 6.03. The molecule has 0 saturated heterocycles. The molecular formula is C17H19FN4O2. The third-order valence-electron chi connectivity index (χ3n) is 3.85. The van der Waals surface area contributed by atoms with E-state index in [1.165, 1.54) is 12.1 Å². The normalized spacial score (nSPS) is 16.6. The van der Waals surface area contributed by atoms with Crippen LogP contribution in [0.1, 0.15) is 24.0 Å². The first kappa shape index (κ1) is 16.2. The quantitative estimate of drug-likeness (QED) is 0.821. The number of oxime groups is 1. The molecule has 6 nitrogen and oxygen atoms in total. The van der Waals surface area contributed by atoms with Gasteiger partial charge in [0.15, 0.2) is 0 Å². The van der Waals surface area contributed by atoms with Crippen molar-refractivity contribution in [3.63, 3.8) is 0 Å². The Hall–Kier alpha value is -2.70. The van der Waals surface area contributed by atoms with E-state index in [0.717, 1.165) is 29.7 Å². The number of hydrogen-bond acceptors (Lipinski definition) is 4. The van der Waals surface area contributed by atoms with E-state index >= 15 is 0 Å². The summed E-state index contributed by atoms with van der Waals surface area (Å²) in [4.78, 5) is 17.3. The summed E-state index contributed by atoms with van der Waals surface area (Å²) in [5.41, 5.74) is 2.64. The SMILES string of the molecule is Cn1cc(C2=NO[C@@H](C(=O)NCCCc3ccc(F)cc3)C2)cn1. The standard InChI is InChI=1S/C17H19FN4O2/c1-22-11-13(10-20-22)15-9-16(24-21-15)17(23)19-8-2-3-12-4-6-14(18)7-5-12/h4-7,10-11,16H,2-3,8-9H2,1H3,(H,19,23)/t16-/m1/s1. The van der Waals surface area contributed by atoms with Crippen molar-refractivity contribution in [2.24, 2.45) is 12.2 Å². The third-order valence-corrected chi connectivity index (χ3v) is 3.85. The fourth-order valence-electron chi connectivity index (χ4n) is 2.53. The second-order valence-corrected chi connectivity index (χ2v) is 5.76. The van der Waals surface area contributed by atoms with Crippen molar-refractivity contribution in [2.45, 2.75) is 25.4 Å². The molecule has 3 rings (SSSR count). The molecule has 0 spiro atoms. The molecule has 0 radical (unpaired) electrons. The molecule has 0 aliphatic carbocycles. The Kier molecular flexibility index (Phi) is 4.88. The molecule has 1 N–H and O–H groups in total. The number of rotatable bonds is 6. The molecule has 24 heavy (non-hydrogen) atoms. The predicted molar refractivity (Wildman–Crippen MR) is 87.0 cm³/mol. The van der Waals surface area contributed by atoms with Crippen LogP contribution in [0.2, 0.25) is 0 Å². The first-order valence-electron chi connectivity index (χ1n) is 7.85. The first-order chi connectivity index (χ1) is 11.6. The summed E-state index contributed by atoms with van der Waals surface area (Å²) < 4.78 is 14.5. The number of halogens is 1. The molecule has 0 fully saturated rings. The third kappa shape index (κ3) is 3.98. The lowest BCUT2D eigenvalue weighted by Gasteiger charge is -2.09. The topological polar surface area (TPSA) is 68.5 Å². The molecule has 0 bridgehead atoms. The van der Waals surface area contributed by atoms with Gasteiger partial charge in [-0.3, -0.25) is 9.48 Å². The van der Waals surface area contributed by atoms with Crippen molar-refractivity contribution < 1.29 is 14.0 Å². The average molecular weight is 330 g/mol. The molecule has 0 saturated carbocycles. The zero-order chi connectivity index (χ0) is 16.9. The Morgan fingerprint density at radius 1 is 1.42 bits per heavy atom. The van der Waals surface area contributed by atoms with Gasteiger partial charge in [0.05, 0.1) is 11.9 Å². The van der Waals surface area contributed by atoms with Gasteiger partial charge in [0.25, 0.3) is 5.91 Å². The minimum atomic E-state index is -0.592. The van der Waals surface area contributed by atoms with Gasteiger partial charge in [0, 0.05) is 31.8 Å². The maximum Gasteiger partial charge on any atom is 0.264 e. The molecule has 1 aliphatic rings. The molecule has 1 aromatic heterocycles. The van der Waals surface area contributed by atoms with Gasteiger partial charge in [0.1, 0.15) is 5.82 Å². The number of aromatic nitrogens is 2. The highest BCUT2D eigenvalue weighted by Crippen LogP contribution is 2.16. The summed E-state index contributed by atoms with van der Waals surface area (Å²) in [5.74, 6) is -0.411. The van der Waals surface area contributed by atoms with Gasteiger partial charge in [0.2, 0.25) is 6.10 Å². The summed E-state index contributed by atoms with van der Waals surface area (Å²) in [5, 5.41) is 10.9. The number of hydrogen-bond donors (Lipinski definition) is 1. The van der Waals surface area contributed by atoms with E-state index in [1.807, 2.05) is 13.2 Å². The van der Waals surface area contributed by atoms with Crippen molar-refractivity contribution in [2.75, 3.05) is 6.54 Å². The van der Waals surface area contributed by atoms with Gasteiger partial charge in [-0.1, -0.05) is 17.3 Å². The van der Waals surface area contributed by atoms with E-state index in [4.69, 9.17) is 4.84 Å². The number of nitrogens with zero attached hydrogens (tertiary/aromatic N) is 3. The van der Waals surface area contributed by atoms with Crippen molar-refractivity contribution in [1.82, 2.24) is 15.1 Å². The Morgan fingerprint density at radius 3 is 2.92 bits per heavy atom. The molecule has 1 atom stereocenters. The summed E-state index contributed by atoms with van der Waals surface area (Å²) in [6, 6.07) is 6.39.